The summed E-state index contributed by atoms with van der Waals surface area (Å²) < 4.78 is 1.75. The van der Waals surface area contributed by atoms with E-state index in [0.717, 1.165) is 25.2 Å². The average molecular weight is 293 g/mol. The van der Waals surface area contributed by atoms with Gasteiger partial charge in [-0.3, -0.25) is 4.79 Å². The molecule has 2 aromatic rings. The molecule has 1 aliphatic heterocycles. The number of hydrogen-bond acceptors (Lipinski definition) is 3. The Morgan fingerprint density at radius 2 is 2.10 bits per heavy atom. The van der Waals surface area contributed by atoms with Crippen LogP contribution in [0.4, 0.5) is 5.82 Å². The summed E-state index contributed by atoms with van der Waals surface area (Å²) in [7, 11) is 0. The van der Waals surface area contributed by atoms with E-state index in [4.69, 9.17) is 0 Å². The maximum atomic E-state index is 12.0. The molecule has 3 rings (SSSR count). The number of amides is 1. The first-order chi connectivity index (χ1) is 9.33. The van der Waals surface area contributed by atoms with Gasteiger partial charge in [-0.2, -0.15) is 5.10 Å². The second-order valence-corrected chi connectivity index (χ2v) is 4.66. The van der Waals surface area contributed by atoms with Crippen LogP contribution in [-0.4, -0.2) is 28.8 Å². The number of carbonyl (C=O) groups excluding carboxylic acids is 1. The second-order valence-electron chi connectivity index (χ2n) is 4.66. The zero-order valence-corrected chi connectivity index (χ0v) is 11.8. The third kappa shape index (κ3) is 3.18. The molecule has 0 aliphatic carbocycles. The number of halogens is 1. The standard InChI is InChI=1S/C14H16N4O.ClH/c19-14(11-6-8-15-10-11)16-13-7-9-18(17-13)12-4-2-1-3-5-12;/h1-5,7,9,11,15H,6,8,10H2,(H,16,17,19);1H. The first-order valence-electron chi connectivity index (χ1n) is 6.45. The van der Waals surface area contributed by atoms with Gasteiger partial charge in [0.15, 0.2) is 5.82 Å². The van der Waals surface area contributed by atoms with Crippen LogP contribution in [0.25, 0.3) is 5.69 Å². The van der Waals surface area contributed by atoms with Gasteiger partial charge in [0.25, 0.3) is 0 Å². The average Bonchev–Trinajstić information content (AvgIpc) is 3.11. The molecule has 6 heteroatoms. The lowest BCUT2D eigenvalue weighted by atomic mass is 10.1. The molecule has 0 saturated carbocycles. The summed E-state index contributed by atoms with van der Waals surface area (Å²) in [6, 6.07) is 11.6. The minimum atomic E-state index is 0. The highest BCUT2D eigenvalue weighted by molar-refractivity contribution is 5.92. The summed E-state index contributed by atoms with van der Waals surface area (Å²) in [5.74, 6) is 0.700. The Morgan fingerprint density at radius 1 is 1.30 bits per heavy atom. The summed E-state index contributed by atoms with van der Waals surface area (Å²) in [5.41, 5.74) is 0.977. The molecule has 1 amide bonds. The van der Waals surface area contributed by atoms with Crippen LogP contribution in [0.2, 0.25) is 0 Å². The molecule has 106 valence electrons. The Hall–Kier alpha value is -1.85. The van der Waals surface area contributed by atoms with Crippen molar-refractivity contribution >= 4 is 24.1 Å². The molecule has 1 aromatic heterocycles. The normalized spacial score (nSPS) is 17.5. The van der Waals surface area contributed by atoms with E-state index in [1.54, 1.807) is 4.68 Å². The van der Waals surface area contributed by atoms with Gasteiger partial charge in [0, 0.05) is 18.8 Å². The van der Waals surface area contributed by atoms with E-state index in [0.29, 0.717) is 5.82 Å². The zero-order valence-electron chi connectivity index (χ0n) is 11.0. The number of para-hydroxylation sites is 1. The van der Waals surface area contributed by atoms with Crippen molar-refractivity contribution in [2.24, 2.45) is 5.92 Å². The van der Waals surface area contributed by atoms with Crippen LogP contribution in [-0.2, 0) is 4.79 Å². The van der Waals surface area contributed by atoms with Crippen molar-refractivity contribution in [1.82, 2.24) is 15.1 Å². The molecule has 0 spiro atoms. The number of benzene rings is 1. The molecule has 1 aromatic carbocycles. The number of nitrogens with one attached hydrogen (secondary N) is 2. The Balaban J connectivity index is 0.00000147. The molecule has 2 heterocycles. The summed E-state index contributed by atoms with van der Waals surface area (Å²) >= 11 is 0. The highest BCUT2D eigenvalue weighted by Crippen LogP contribution is 2.13. The molecule has 0 bridgehead atoms. The lowest BCUT2D eigenvalue weighted by Crippen LogP contribution is -2.24. The van der Waals surface area contributed by atoms with Crippen molar-refractivity contribution in [3.05, 3.63) is 42.6 Å². The van der Waals surface area contributed by atoms with E-state index in [2.05, 4.69) is 15.7 Å². The van der Waals surface area contributed by atoms with Crippen molar-refractivity contribution in [2.75, 3.05) is 18.4 Å². The van der Waals surface area contributed by atoms with E-state index >= 15 is 0 Å². The molecule has 1 fully saturated rings. The third-order valence-corrected chi connectivity index (χ3v) is 3.29. The molecule has 2 N–H and O–H groups in total. The number of carbonyl (C=O) groups is 1. The predicted octanol–water partition coefficient (Wildman–Crippen LogP) is 1.84. The molecular formula is C14H17ClN4O. The van der Waals surface area contributed by atoms with Gasteiger partial charge in [0.2, 0.25) is 5.91 Å². The molecule has 20 heavy (non-hydrogen) atoms. The third-order valence-electron chi connectivity index (χ3n) is 3.29. The monoisotopic (exact) mass is 292 g/mol. The van der Waals surface area contributed by atoms with Gasteiger partial charge in [-0.1, -0.05) is 18.2 Å². The molecule has 5 nitrogen and oxygen atoms in total. The summed E-state index contributed by atoms with van der Waals surface area (Å²) in [6.07, 6.45) is 2.74. The number of rotatable bonds is 3. The van der Waals surface area contributed by atoms with Crippen molar-refractivity contribution in [1.29, 1.82) is 0 Å². The van der Waals surface area contributed by atoms with Crippen LogP contribution in [0.15, 0.2) is 42.6 Å². The Labute approximate surface area is 123 Å². The fraction of sp³-hybridized carbons (Fsp3) is 0.286. The highest BCUT2D eigenvalue weighted by atomic mass is 35.5. The maximum Gasteiger partial charge on any atom is 0.230 e. The number of aromatic nitrogens is 2. The summed E-state index contributed by atoms with van der Waals surface area (Å²) in [6.45, 7) is 1.67. The SMILES string of the molecule is Cl.O=C(Nc1ccn(-c2ccccc2)n1)C1CCNC1. The van der Waals surface area contributed by atoms with Gasteiger partial charge >= 0.3 is 0 Å². The largest absolute Gasteiger partial charge is 0.316 e. The maximum absolute atomic E-state index is 12.0. The molecule has 1 saturated heterocycles. The number of nitrogens with zero attached hydrogens (tertiary/aromatic N) is 2. The minimum absolute atomic E-state index is 0. The van der Waals surface area contributed by atoms with Crippen LogP contribution < -0.4 is 10.6 Å². The molecule has 1 unspecified atom stereocenters. The molecule has 1 atom stereocenters. The van der Waals surface area contributed by atoms with Crippen molar-refractivity contribution < 1.29 is 4.79 Å². The Kier molecular flexibility index (Phi) is 4.76. The first-order valence-corrected chi connectivity index (χ1v) is 6.45. The highest BCUT2D eigenvalue weighted by Gasteiger charge is 2.22. The van der Waals surface area contributed by atoms with Gasteiger partial charge in [0.1, 0.15) is 0 Å². The van der Waals surface area contributed by atoms with Crippen molar-refractivity contribution in [3.8, 4) is 5.69 Å². The van der Waals surface area contributed by atoms with Gasteiger partial charge in [-0.15, -0.1) is 12.4 Å². The first kappa shape index (κ1) is 14.6. The fourth-order valence-corrected chi connectivity index (χ4v) is 2.22. The smallest absolute Gasteiger partial charge is 0.230 e. The van der Waals surface area contributed by atoms with Crippen molar-refractivity contribution in [2.45, 2.75) is 6.42 Å². The quantitative estimate of drug-likeness (QED) is 0.907. The van der Waals surface area contributed by atoms with Gasteiger partial charge in [0.05, 0.1) is 11.6 Å². The molecule has 0 radical (unpaired) electrons. The molecular weight excluding hydrogens is 276 g/mol. The van der Waals surface area contributed by atoms with Gasteiger partial charge in [-0.25, -0.2) is 4.68 Å². The van der Waals surface area contributed by atoms with Crippen LogP contribution in [0.1, 0.15) is 6.42 Å². The number of anilines is 1. The zero-order chi connectivity index (χ0) is 13.1. The topological polar surface area (TPSA) is 59.0 Å². The van der Waals surface area contributed by atoms with Crippen LogP contribution >= 0.6 is 12.4 Å². The fourth-order valence-electron chi connectivity index (χ4n) is 2.22. The van der Waals surface area contributed by atoms with Gasteiger partial charge < -0.3 is 10.6 Å². The summed E-state index contributed by atoms with van der Waals surface area (Å²) in [5, 5.41) is 10.4. The Morgan fingerprint density at radius 3 is 2.80 bits per heavy atom. The van der Waals surface area contributed by atoms with E-state index in [1.165, 1.54) is 0 Å². The number of hydrogen-bond donors (Lipinski definition) is 2. The lowest BCUT2D eigenvalue weighted by Gasteiger charge is -2.07. The second kappa shape index (κ2) is 6.54. The van der Waals surface area contributed by atoms with E-state index < -0.39 is 0 Å². The minimum Gasteiger partial charge on any atom is -0.316 e. The Bertz CT molecular complexity index is 564. The van der Waals surface area contributed by atoms with E-state index in [1.807, 2.05) is 42.6 Å². The van der Waals surface area contributed by atoms with Crippen LogP contribution in [0.3, 0.4) is 0 Å². The van der Waals surface area contributed by atoms with Crippen LogP contribution in [0, 0.1) is 5.92 Å². The van der Waals surface area contributed by atoms with Crippen LogP contribution in [0.5, 0.6) is 0 Å². The van der Waals surface area contributed by atoms with Gasteiger partial charge in [-0.05, 0) is 25.1 Å². The predicted molar refractivity (Wildman–Crippen MR) is 80.4 cm³/mol. The van der Waals surface area contributed by atoms with Crippen molar-refractivity contribution in [3.63, 3.8) is 0 Å². The molecule has 1 aliphatic rings. The summed E-state index contributed by atoms with van der Waals surface area (Å²) in [4.78, 5) is 12.0. The van der Waals surface area contributed by atoms with E-state index in [9.17, 15) is 4.79 Å². The van der Waals surface area contributed by atoms with E-state index in [-0.39, 0.29) is 24.2 Å². The lowest BCUT2D eigenvalue weighted by molar-refractivity contribution is -0.119.